The molecular weight excluding hydrogens is 291 g/mol. The Hall–Kier alpha value is -2.07. The van der Waals surface area contributed by atoms with Crippen LogP contribution in [0.5, 0.6) is 5.75 Å². The number of imidazole rings is 1. The molecule has 0 radical (unpaired) electrons. The zero-order valence-corrected chi connectivity index (χ0v) is 12.3. The van der Waals surface area contributed by atoms with Gasteiger partial charge in [0.05, 0.1) is 18.1 Å². The minimum Gasteiger partial charge on any atom is -0.497 e. The molecule has 3 nitrogen and oxygen atoms in total. The molecule has 1 heterocycles. The molecule has 0 amide bonds. The van der Waals surface area contributed by atoms with Gasteiger partial charge in [0.2, 0.25) is 0 Å². The van der Waals surface area contributed by atoms with Crippen molar-refractivity contribution in [3.8, 4) is 11.4 Å². The molecular formula is C16H14ClFN2O. The second kappa shape index (κ2) is 5.74. The maximum absolute atomic E-state index is 13.6. The maximum atomic E-state index is 13.6. The van der Waals surface area contributed by atoms with Gasteiger partial charge in [-0.05, 0) is 36.4 Å². The van der Waals surface area contributed by atoms with Crippen LogP contribution in [0.1, 0.15) is 5.82 Å². The van der Waals surface area contributed by atoms with Crippen LogP contribution in [0.15, 0.2) is 42.5 Å². The third-order valence-corrected chi connectivity index (χ3v) is 3.52. The van der Waals surface area contributed by atoms with E-state index in [9.17, 15) is 4.39 Å². The fourth-order valence-electron chi connectivity index (χ4n) is 2.37. The predicted molar refractivity (Wildman–Crippen MR) is 82.0 cm³/mol. The molecule has 3 aromatic rings. The largest absolute Gasteiger partial charge is 0.497 e. The monoisotopic (exact) mass is 304 g/mol. The van der Waals surface area contributed by atoms with Crippen molar-refractivity contribution in [3.05, 3.63) is 54.1 Å². The number of nitrogens with zero attached hydrogens (tertiary/aromatic N) is 2. The SMILES string of the molecule is COc1ccc(-n2c(CCCl)nc3ccc(F)cc32)cc1. The number of methoxy groups -OCH3 is 1. The van der Waals surface area contributed by atoms with Gasteiger partial charge in [0, 0.05) is 24.1 Å². The van der Waals surface area contributed by atoms with Crippen LogP contribution in [0.3, 0.4) is 0 Å². The summed E-state index contributed by atoms with van der Waals surface area (Å²) in [6, 6.07) is 12.2. The summed E-state index contributed by atoms with van der Waals surface area (Å²) in [5.74, 6) is 1.76. The number of benzene rings is 2. The molecule has 21 heavy (non-hydrogen) atoms. The second-order valence-corrected chi connectivity index (χ2v) is 5.01. The van der Waals surface area contributed by atoms with E-state index in [1.165, 1.54) is 12.1 Å². The quantitative estimate of drug-likeness (QED) is 0.682. The zero-order chi connectivity index (χ0) is 14.8. The van der Waals surface area contributed by atoms with E-state index >= 15 is 0 Å². The maximum Gasteiger partial charge on any atom is 0.125 e. The van der Waals surface area contributed by atoms with Crippen LogP contribution in [0.2, 0.25) is 0 Å². The molecule has 1 aromatic heterocycles. The lowest BCUT2D eigenvalue weighted by molar-refractivity contribution is 0.414. The van der Waals surface area contributed by atoms with Crippen molar-refractivity contribution in [3.63, 3.8) is 0 Å². The highest BCUT2D eigenvalue weighted by molar-refractivity contribution is 6.17. The minimum atomic E-state index is -0.283. The first-order chi connectivity index (χ1) is 10.2. The number of hydrogen-bond acceptors (Lipinski definition) is 2. The van der Waals surface area contributed by atoms with E-state index in [1.807, 2.05) is 28.8 Å². The third-order valence-electron chi connectivity index (χ3n) is 3.33. The van der Waals surface area contributed by atoms with Crippen molar-refractivity contribution in [2.75, 3.05) is 13.0 Å². The van der Waals surface area contributed by atoms with Gasteiger partial charge in [-0.1, -0.05) is 0 Å². The Balaban J connectivity index is 2.21. The normalized spacial score (nSPS) is 11.0. The Kier molecular flexibility index (Phi) is 3.80. The number of aromatic nitrogens is 2. The summed E-state index contributed by atoms with van der Waals surface area (Å²) in [5.41, 5.74) is 2.40. The average Bonchev–Trinajstić information content (AvgIpc) is 2.85. The summed E-state index contributed by atoms with van der Waals surface area (Å²) in [6.45, 7) is 0. The van der Waals surface area contributed by atoms with Crippen molar-refractivity contribution in [1.29, 1.82) is 0 Å². The van der Waals surface area contributed by atoms with Crippen LogP contribution in [0.4, 0.5) is 4.39 Å². The molecule has 0 saturated carbocycles. The molecule has 108 valence electrons. The van der Waals surface area contributed by atoms with E-state index in [1.54, 1.807) is 13.2 Å². The first-order valence-electron chi connectivity index (χ1n) is 6.60. The standard InChI is InChI=1S/C16H14ClFN2O/c1-21-13-5-3-12(4-6-13)20-15-10-11(18)2-7-14(15)19-16(20)8-9-17/h2-7,10H,8-9H2,1H3. The van der Waals surface area contributed by atoms with Gasteiger partial charge in [-0.15, -0.1) is 11.6 Å². The summed E-state index contributed by atoms with van der Waals surface area (Å²) in [6.07, 6.45) is 0.615. The van der Waals surface area contributed by atoms with Crippen LogP contribution in [-0.4, -0.2) is 22.5 Å². The van der Waals surface area contributed by atoms with Gasteiger partial charge < -0.3 is 4.74 Å². The topological polar surface area (TPSA) is 27.1 Å². The smallest absolute Gasteiger partial charge is 0.125 e. The van der Waals surface area contributed by atoms with Gasteiger partial charge in [0.25, 0.3) is 0 Å². The van der Waals surface area contributed by atoms with Gasteiger partial charge >= 0.3 is 0 Å². The van der Waals surface area contributed by atoms with E-state index in [-0.39, 0.29) is 5.82 Å². The van der Waals surface area contributed by atoms with Gasteiger partial charge in [-0.2, -0.15) is 0 Å². The molecule has 0 aliphatic heterocycles. The number of alkyl halides is 1. The van der Waals surface area contributed by atoms with Gasteiger partial charge in [-0.25, -0.2) is 9.37 Å². The van der Waals surface area contributed by atoms with Gasteiger partial charge in [0.15, 0.2) is 0 Å². The van der Waals surface area contributed by atoms with Gasteiger partial charge in [-0.3, -0.25) is 4.57 Å². The van der Waals surface area contributed by atoms with Crippen molar-refractivity contribution >= 4 is 22.6 Å². The van der Waals surface area contributed by atoms with Crippen LogP contribution in [-0.2, 0) is 6.42 Å². The number of aryl methyl sites for hydroxylation is 1. The third kappa shape index (κ3) is 2.59. The van der Waals surface area contributed by atoms with E-state index in [2.05, 4.69) is 4.98 Å². The van der Waals surface area contributed by atoms with E-state index in [0.29, 0.717) is 12.3 Å². The molecule has 0 unspecified atom stereocenters. The summed E-state index contributed by atoms with van der Waals surface area (Å²) in [5, 5.41) is 0. The first-order valence-corrected chi connectivity index (χ1v) is 7.13. The highest BCUT2D eigenvalue weighted by atomic mass is 35.5. The lowest BCUT2D eigenvalue weighted by Gasteiger charge is -2.09. The zero-order valence-electron chi connectivity index (χ0n) is 11.5. The Morgan fingerprint density at radius 2 is 1.95 bits per heavy atom. The summed E-state index contributed by atoms with van der Waals surface area (Å²) >= 11 is 5.85. The highest BCUT2D eigenvalue weighted by Gasteiger charge is 2.13. The highest BCUT2D eigenvalue weighted by Crippen LogP contribution is 2.24. The lowest BCUT2D eigenvalue weighted by Crippen LogP contribution is -2.02. The molecule has 0 bridgehead atoms. The Labute approximate surface area is 126 Å². The van der Waals surface area contributed by atoms with E-state index in [0.717, 1.165) is 28.3 Å². The summed E-state index contributed by atoms with van der Waals surface area (Å²) in [7, 11) is 1.62. The number of hydrogen-bond donors (Lipinski definition) is 0. The minimum absolute atomic E-state index is 0.283. The number of halogens is 2. The Morgan fingerprint density at radius 3 is 2.62 bits per heavy atom. The van der Waals surface area contributed by atoms with Crippen molar-refractivity contribution in [2.45, 2.75) is 6.42 Å². The number of fused-ring (bicyclic) bond motifs is 1. The molecule has 0 spiro atoms. The van der Waals surface area contributed by atoms with Gasteiger partial charge in [0.1, 0.15) is 17.4 Å². The van der Waals surface area contributed by atoms with Crippen LogP contribution >= 0.6 is 11.6 Å². The molecule has 3 rings (SSSR count). The molecule has 2 aromatic carbocycles. The number of rotatable bonds is 4. The molecule has 0 N–H and O–H groups in total. The summed E-state index contributed by atoms with van der Waals surface area (Å²) in [4.78, 5) is 4.54. The van der Waals surface area contributed by atoms with Crippen LogP contribution in [0, 0.1) is 5.82 Å². The fraction of sp³-hybridized carbons (Fsp3) is 0.188. The van der Waals surface area contributed by atoms with Crippen LogP contribution in [0.25, 0.3) is 16.7 Å². The first kappa shape index (κ1) is 13.9. The second-order valence-electron chi connectivity index (χ2n) is 4.63. The predicted octanol–water partition coefficient (Wildman–Crippen LogP) is 3.95. The lowest BCUT2D eigenvalue weighted by atomic mass is 10.2. The Bertz CT molecular complexity index is 768. The molecule has 0 aliphatic rings. The number of ether oxygens (including phenoxy) is 1. The van der Waals surface area contributed by atoms with E-state index < -0.39 is 0 Å². The molecule has 0 fully saturated rings. The van der Waals surface area contributed by atoms with Crippen molar-refractivity contribution in [1.82, 2.24) is 9.55 Å². The van der Waals surface area contributed by atoms with Crippen molar-refractivity contribution < 1.29 is 9.13 Å². The van der Waals surface area contributed by atoms with E-state index in [4.69, 9.17) is 16.3 Å². The van der Waals surface area contributed by atoms with Crippen molar-refractivity contribution in [2.24, 2.45) is 0 Å². The molecule has 0 atom stereocenters. The molecule has 0 saturated heterocycles. The van der Waals surface area contributed by atoms with Crippen LogP contribution < -0.4 is 4.74 Å². The fourth-order valence-corrected chi connectivity index (χ4v) is 2.54. The summed E-state index contributed by atoms with van der Waals surface area (Å²) < 4.78 is 20.7. The molecule has 5 heteroatoms. The Morgan fingerprint density at radius 1 is 1.19 bits per heavy atom. The molecule has 0 aliphatic carbocycles. The average molecular weight is 305 g/mol.